The van der Waals surface area contributed by atoms with Crippen LogP contribution >= 0.6 is 0 Å². The summed E-state index contributed by atoms with van der Waals surface area (Å²) in [6.07, 6.45) is 0.461. The molecular weight excluding hydrogens is 193 g/mol. The number of rotatable bonds is 1. The van der Waals surface area contributed by atoms with Gasteiger partial charge in [-0.25, -0.2) is 0 Å². The van der Waals surface area contributed by atoms with Gasteiger partial charge >= 0.3 is 0 Å². The van der Waals surface area contributed by atoms with E-state index in [1.807, 2.05) is 0 Å². The largest absolute Gasteiger partial charge is 0.873 e. The van der Waals surface area contributed by atoms with Crippen molar-refractivity contribution in [1.29, 1.82) is 0 Å². The van der Waals surface area contributed by atoms with E-state index in [1.165, 1.54) is 0 Å². The summed E-state index contributed by atoms with van der Waals surface area (Å²) in [5.74, 6) is 0.0139. The molecule has 0 fully saturated rings. The van der Waals surface area contributed by atoms with Gasteiger partial charge in [-0.2, -0.15) is 10.2 Å². The Hall–Kier alpha value is 0.244. The van der Waals surface area contributed by atoms with E-state index in [0.717, 1.165) is 0 Å². The second-order valence-electron chi connectivity index (χ2n) is 1.52. The van der Waals surface area contributed by atoms with E-state index in [-0.39, 0.29) is 45.0 Å². The molecule has 1 aliphatic rings. The third-order valence-corrected chi connectivity index (χ3v) is 0.964. The minimum atomic E-state index is 0. The Balaban J connectivity index is 0.000000640. The first-order chi connectivity index (χ1) is 3.84. The molecule has 0 unspecified atom stereocenters. The zero-order valence-electron chi connectivity index (χ0n) is 5.00. The van der Waals surface area contributed by atoms with Gasteiger partial charge in [0.1, 0.15) is 0 Å². The molecule has 9 heavy (non-hydrogen) atoms. The van der Waals surface area contributed by atoms with E-state index in [9.17, 15) is 5.11 Å². The van der Waals surface area contributed by atoms with E-state index in [4.69, 9.17) is 0 Å². The number of hydrogen-bond donors (Lipinski definition) is 0. The summed E-state index contributed by atoms with van der Waals surface area (Å²) in [5.41, 5.74) is 0.505. The van der Waals surface area contributed by atoms with Gasteiger partial charge < -0.3 is 12.0 Å². The van der Waals surface area contributed by atoms with Crippen LogP contribution in [-0.4, -0.2) is 6.54 Å². The van der Waals surface area contributed by atoms with Crippen molar-refractivity contribution in [2.45, 2.75) is 6.42 Å². The van der Waals surface area contributed by atoms with Gasteiger partial charge in [0.25, 0.3) is 0 Å². The van der Waals surface area contributed by atoms with Crippen LogP contribution in [0.15, 0.2) is 21.7 Å². The molecular formula is C5H6N2OY-2. The van der Waals surface area contributed by atoms with Crippen molar-refractivity contribution in [3.63, 3.8) is 0 Å². The molecule has 47 valence electrons. The van der Waals surface area contributed by atoms with E-state index in [2.05, 4.69) is 17.2 Å². The Morgan fingerprint density at radius 3 is 2.56 bits per heavy atom. The van der Waals surface area contributed by atoms with Gasteiger partial charge in [0.05, 0.1) is 6.54 Å². The zero-order chi connectivity index (χ0) is 5.98. The quantitative estimate of drug-likeness (QED) is 0.558. The van der Waals surface area contributed by atoms with Crippen LogP contribution in [0.5, 0.6) is 0 Å². The molecule has 0 saturated carbocycles. The Morgan fingerprint density at radius 2 is 2.33 bits per heavy atom. The Labute approximate surface area is 79.1 Å². The van der Waals surface area contributed by atoms with Crippen molar-refractivity contribution in [3.05, 3.63) is 18.4 Å². The minimum Gasteiger partial charge on any atom is -0.873 e. The summed E-state index contributed by atoms with van der Waals surface area (Å²) in [7, 11) is 0. The molecule has 0 aliphatic carbocycles. The molecule has 1 heterocycles. The van der Waals surface area contributed by atoms with E-state index >= 15 is 0 Å². The molecule has 0 aromatic heterocycles. The fourth-order valence-electron chi connectivity index (χ4n) is 0.521. The van der Waals surface area contributed by atoms with E-state index in [0.29, 0.717) is 12.1 Å². The topological polar surface area (TPSA) is 47.8 Å². The first kappa shape index (κ1) is 9.24. The normalized spacial score (nSPS) is 16.1. The molecule has 1 radical (unpaired) electrons. The maximum Gasteiger partial charge on any atom is 0.0731 e. The summed E-state index contributed by atoms with van der Waals surface area (Å²) < 4.78 is 0. The van der Waals surface area contributed by atoms with Crippen LogP contribution in [0.2, 0.25) is 0 Å². The number of allylic oxidation sites excluding steroid dienone is 1. The van der Waals surface area contributed by atoms with Crippen molar-refractivity contribution >= 4 is 0 Å². The second kappa shape index (κ2) is 4.12. The molecule has 0 saturated heterocycles. The van der Waals surface area contributed by atoms with Crippen molar-refractivity contribution in [3.8, 4) is 0 Å². The van der Waals surface area contributed by atoms with Gasteiger partial charge in [-0.05, 0) is 0 Å². The monoisotopic (exact) mass is 199 g/mol. The maximum atomic E-state index is 10.5. The van der Waals surface area contributed by atoms with Crippen LogP contribution in [0, 0.1) is 6.92 Å². The fourth-order valence-corrected chi connectivity index (χ4v) is 0.521. The molecule has 0 aromatic carbocycles. The van der Waals surface area contributed by atoms with Gasteiger partial charge in [-0.15, -0.1) is 6.42 Å². The van der Waals surface area contributed by atoms with Gasteiger partial charge in [0.15, 0.2) is 0 Å². The summed E-state index contributed by atoms with van der Waals surface area (Å²) >= 11 is 0. The van der Waals surface area contributed by atoms with Gasteiger partial charge in [0.2, 0.25) is 0 Å². The SMILES string of the molecule is [CH2-]CC1=C([O-])CN=N1.[Y]. The molecule has 1 rings (SSSR count). The molecule has 3 nitrogen and oxygen atoms in total. The van der Waals surface area contributed by atoms with Crippen LogP contribution in [0.3, 0.4) is 0 Å². The summed E-state index contributed by atoms with van der Waals surface area (Å²) in [4.78, 5) is 0. The Morgan fingerprint density at radius 1 is 1.67 bits per heavy atom. The number of nitrogens with zero attached hydrogens (tertiary/aromatic N) is 2. The van der Waals surface area contributed by atoms with Crippen molar-refractivity contribution in [1.82, 2.24) is 0 Å². The van der Waals surface area contributed by atoms with Crippen molar-refractivity contribution in [2.24, 2.45) is 10.2 Å². The molecule has 0 amide bonds. The molecule has 0 bridgehead atoms. The number of hydrogen-bond acceptors (Lipinski definition) is 3. The standard InChI is InChI=1S/C5H7N2O.Y/c1-2-4-5(8)3-6-7-4;/h8H,1-3H2;/q-1;/p-1. The smallest absolute Gasteiger partial charge is 0.0731 e. The van der Waals surface area contributed by atoms with Crippen LogP contribution in [-0.2, 0) is 32.7 Å². The van der Waals surface area contributed by atoms with Crippen LogP contribution in [0.1, 0.15) is 6.42 Å². The Bertz CT molecular complexity index is 153. The van der Waals surface area contributed by atoms with E-state index in [1.54, 1.807) is 0 Å². The van der Waals surface area contributed by atoms with Gasteiger partial charge in [0, 0.05) is 38.4 Å². The molecule has 4 heteroatoms. The van der Waals surface area contributed by atoms with Crippen molar-refractivity contribution < 1.29 is 37.8 Å². The van der Waals surface area contributed by atoms with Crippen LogP contribution in [0.25, 0.3) is 0 Å². The molecule has 0 aromatic rings. The minimum absolute atomic E-state index is 0. The molecule has 0 N–H and O–H groups in total. The van der Waals surface area contributed by atoms with Crippen LogP contribution in [0.4, 0.5) is 0 Å². The number of azo groups is 1. The summed E-state index contributed by atoms with van der Waals surface area (Å²) in [5, 5.41) is 17.6. The summed E-state index contributed by atoms with van der Waals surface area (Å²) in [6, 6.07) is 0. The predicted octanol–water partition coefficient (Wildman–Crippen LogP) is 0.246. The third kappa shape index (κ3) is 2.14. The first-order valence-corrected chi connectivity index (χ1v) is 2.40. The van der Waals surface area contributed by atoms with Gasteiger partial charge in [-0.3, -0.25) is 0 Å². The van der Waals surface area contributed by atoms with E-state index < -0.39 is 0 Å². The summed E-state index contributed by atoms with van der Waals surface area (Å²) in [6.45, 7) is 3.73. The van der Waals surface area contributed by atoms with Crippen LogP contribution < -0.4 is 5.11 Å². The second-order valence-corrected chi connectivity index (χ2v) is 1.52. The van der Waals surface area contributed by atoms with Gasteiger partial charge in [-0.1, -0.05) is 5.76 Å². The molecule has 1 aliphatic heterocycles. The molecule has 0 atom stereocenters. The average molecular weight is 199 g/mol. The van der Waals surface area contributed by atoms with Crippen molar-refractivity contribution in [2.75, 3.05) is 6.54 Å². The fraction of sp³-hybridized carbons (Fsp3) is 0.400. The molecule has 0 spiro atoms. The predicted molar refractivity (Wildman–Crippen MR) is 26.7 cm³/mol. The first-order valence-electron chi connectivity index (χ1n) is 2.40. The average Bonchev–Trinajstić information content (AvgIpc) is 2.14. The third-order valence-electron chi connectivity index (χ3n) is 0.964. The Kier molecular flexibility index (Phi) is 4.23. The maximum absolute atomic E-state index is 10.5. The zero-order valence-corrected chi connectivity index (χ0v) is 7.84.